The fraction of sp³-hybridized carbons (Fsp3) is 0.524. The van der Waals surface area contributed by atoms with Crippen LogP contribution in [0.25, 0.3) is 0 Å². The Morgan fingerprint density at radius 2 is 2.00 bits per heavy atom. The maximum atomic E-state index is 5.80. The molecule has 0 saturated carbocycles. The van der Waals surface area contributed by atoms with E-state index in [0.29, 0.717) is 0 Å². The Hall–Kier alpha value is -1.23. The topological polar surface area (TPSA) is 56.4 Å². The van der Waals surface area contributed by atoms with E-state index in [9.17, 15) is 0 Å². The molecule has 4 rings (SSSR count). The van der Waals surface area contributed by atoms with Gasteiger partial charge in [-0.05, 0) is 67.2 Å². The van der Waals surface area contributed by atoms with Gasteiger partial charge in [0.1, 0.15) is 0 Å². The van der Waals surface area contributed by atoms with Crippen LogP contribution < -0.4 is 5.32 Å². The Bertz CT molecular complexity index is 852. The summed E-state index contributed by atoms with van der Waals surface area (Å²) in [6.07, 6.45) is 2.94. The number of H-pyrrole nitrogens is 1. The predicted octanol–water partition coefficient (Wildman–Crippen LogP) is 3.33. The molecule has 0 aliphatic carbocycles. The van der Waals surface area contributed by atoms with E-state index in [4.69, 9.17) is 17.0 Å². The second kappa shape index (κ2) is 9.28. The van der Waals surface area contributed by atoms with Crippen molar-refractivity contribution >= 4 is 39.9 Å². The van der Waals surface area contributed by atoms with Crippen molar-refractivity contribution in [3.8, 4) is 0 Å². The SMILES string of the molecule is Cc1[nH]c(C)c([C@H]2[C@@H](c3ccccn3)NC(=S)N2CCCN2CCOCC2)c1I. The summed E-state index contributed by atoms with van der Waals surface area (Å²) in [5, 5.41) is 4.39. The van der Waals surface area contributed by atoms with Crippen LogP contribution in [0, 0.1) is 17.4 Å². The van der Waals surface area contributed by atoms with Gasteiger partial charge in [0.15, 0.2) is 5.11 Å². The summed E-state index contributed by atoms with van der Waals surface area (Å²) in [7, 11) is 0. The summed E-state index contributed by atoms with van der Waals surface area (Å²) >= 11 is 8.26. The van der Waals surface area contributed by atoms with Crippen molar-refractivity contribution in [3.05, 3.63) is 50.6 Å². The number of aromatic nitrogens is 2. The zero-order chi connectivity index (χ0) is 20.4. The standard InChI is InChI=1S/C21H28IN5OS/c1-14-17(18(22)15(2)24-14)20-19(16-6-3-4-7-23-16)25-21(29)27(20)9-5-8-26-10-12-28-13-11-26/h3-4,6-7,19-20,24H,5,8-13H2,1-2H3,(H,25,29)/t19-,20+/m1/s1. The van der Waals surface area contributed by atoms with Crippen molar-refractivity contribution in [2.24, 2.45) is 0 Å². The van der Waals surface area contributed by atoms with Gasteiger partial charge in [0.2, 0.25) is 0 Å². The van der Waals surface area contributed by atoms with Crippen molar-refractivity contribution in [3.63, 3.8) is 0 Å². The molecule has 2 aliphatic heterocycles. The lowest BCUT2D eigenvalue weighted by atomic mass is 9.96. The first-order chi connectivity index (χ1) is 14.1. The first-order valence-corrected chi connectivity index (χ1v) is 11.7. The third-order valence-electron chi connectivity index (χ3n) is 5.82. The molecule has 0 unspecified atom stereocenters. The summed E-state index contributed by atoms with van der Waals surface area (Å²) in [6, 6.07) is 6.28. The predicted molar refractivity (Wildman–Crippen MR) is 127 cm³/mol. The second-order valence-corrected chi connectivity index (χ2v) is 9.20. The molecule has 2 aromatic heterocycles. The number of thiocarbonyl (C=S) groups is 1. The Labute approximate surface area is 191 Å². The third kappa shape index (κ3) is 4.45. The van der Waals surface area contributed by atoms with Crippen LogP contribution in [-0.2, 0) is 4.74 Å². The van der Waals surface area contributed by atoms with Gasteiger partial charge in [-0.25, -0.2) is 0 Å². The Morgan fingerprint density at radius 3 is 2.66 bits per heavy atom. The fourth-order valence-corrected chi connectivity index (χ4v) is 5.56. The van der Waals surface area contributed by atoms with E-state index in [2.05, 4.69) is 67.6 Å². The minimum absolute atomic E-state index is 0.0505. The molecule has 2 aromatic rings. The number of halogens is 1. The molecule has 0 amide bonds. The largest absolute Gasteiger partial charge is 0.379 e. The third-order valence-corrected chi connectivity index (χ3v) is 7.56. The van der Waals surface area contributed by atoms with E-state index >= 15 is 0 Å². The molecule has 29 heavy (non-hydrogen) atoms. The highest BCUT2D eigenvalue weighted by Gasteiger charge is 2.41. The van der Waals surface area contributed by atoms with Crippen LogP contribution in [0.15, 0.2) is 24.4 Å². The summed E-state index contributed by atoms with van der Waals surface area (Å²) < 4.78 is 6.76. The summed E-state index contributed by atoms with van der Waals surface area (Å²) in [6.45, 7) is 10.0. The number of aromatic amines is 1. The minimum atomic E-state index is 0.0505. The highest BCUT2D eigenvalue weighted by atomic mass is 127. The number of rotatable bonds is 6. The lowest BCUT2D eigenvalue weighted by Gasteiger charge is -2.30. The molecule has 2 atom stereocenters. The number of pyridine rings is 1. The highest BCUT2D eigenvalue weighted by Crippen LogP contribution is 2.42. The Morgan fingerprint density at radius 1 is 1.21 bits per heavy atom. The van der Waals surface area contributed by atoms with Gasteiger partial charge in [-0.15, -0.1) is 0 Å². The van der Waals surface area contributed by atoms with E-state index in [0.717, 1.165) is 56.6 Å². The van der Waals surface area contributed by atoms with Crippen LogP contribution in [0.4, 0.5) is 0 Å². The molecule has 0 bridgehead atoms. The van der Waals surface area contributed by atoms with Gasteiger partial charge in [-0.1, -0.05) is 6.07 Å². The molecule has 0 aromatic carbocycles. The van der Waals surface area contributed by atoms with Crippen molar-refractivity contribution < 1.29 is 4.74 Å². The minimum Gasteiger partial charge on any atom is -0.379 e. The van der Waals surface area contributed by atoms with Crippen LogP contribution >= 0.6 is 34.8 Å². The zero-order valence-electron chi connectivity index (χ0n) is 16.9. The van der Waals surface area contributed by atoms with Crippen LogP contribution in [0.2, 0.25) is 0 Å². The second-order valence-electron chi connectivity index (χ2n) is 7.73. The molecule has 0 spiro atoms. The average Bonchev–Trinajstić information content (AvgIpc) is 3.18. The van der Waals surface area contributed by atoms with E-state index in [1.807, 2.05) is 18.3 Å². The van der Waals surface area contributed by atoms with Crippen LogP contribution in [0.5, 0.6) is 0 Å². The van der Waals surface area contributed by atoms with E-state index in [1.165, 1.54) is 20.5 Å². The van der Waals surface area contributed by atoms with Gasteiger partial charge in [0, 0.05) is 52.9 Å². The molecule has 156 valence electrons. The molecule has 6 nitrogen and oxygen atoms in total. The van der Waals surface area contributed by atoms with Crippen molar-refractivity contribution in [2.45, 2.75) is 32.4 Å². The van der Waals surface area contributed by atoms with E-state index in [1.54, 1.807) is 0 Å². The zero-order valence-corrected chi connectivity index (χ0v) is 19.9. The molecule has 4 heterocycles. The van der Waals surface area contributed by atoms with E-state index < -0.39 is 0 Å². The first-order valence-electron chi connectivity index (χ1n) is 10.2. The van der Waals surface area contributed by atoms with Gasteiger partial charge in [-0.2, -0.15) is 0 Å². The van der Waals surface area contributed by atoms with Crippen molar-refractivity contribution in [1.82, 2.24) is 25.1 Å². The summed E-state index contributed by atoms with van der Waals surface area (Å²) in [5.74, 6) is 0. The number of nitrogens with zero attached hydrogens (tertiary/aromatic N) is 3. The summed E-state index contributed by atoms with van der Waals surface area (Å²) in [4.78, 5) is 13.0. The van der Waals surface area contributed by atoms with Gasteiger partial charge >= 0.3 is 0 Å². The molecular weight excluding hydrogens is 497 g/mol. The number of nitrogens with one attached hydrogen (secondary N) is 2. The van der Waals surface area contributed by atoms with Gasteiger partial charge in [0.05, 0.1) is 31.0 Å². The molecule has 0 radical (unpaired) electrons. The number of ether oxygens (including phenoxy) is 1. The lowest BCUT2D eigenvalue weighted by molar-refractivity contribution is 0.0365. The maximum Gasteiger partial charge on any atom is 0.170 e. The fourth-order valence-electron chi connectivity index (χ4n) is 4.37. The average molecular weight is 525 g/mol. The van der Waals surface area contributed by atoms with Crippen LogP contribution in [0.3, 0.4) is 0 Å². The van der Waals surface area contributed by atoms with Gasteiger partial charge in [0.25, 0.3) is 0 Å². The Kier molecular flexibility index (Phi) is 6.73. The lowest BCUT2D eigenvalue weighted by Crippen LogP contribution is -2.39. The highest BCUT2D eigenvalue weighted by molar-refractivity contribution is 14.1. The summed E-state index contributed by atoms with van der Waals surface area (Å²) in [5.41, 5.74) is 4.79. The maximum absolute atomic E-state index is 5.80. The Balaban J connectivity index is 1.59. The molecule has 8 heteroatoms. The van der Waals surface area contributed by atoms with Gasteiger partial charge in [-0.3, -0.25) is 9.88 Å². The molecular formula is C21H28IN5OS. The number of hydrogen-bond acceptors (Lipinski definition) is 4. The monoisotopic (exact) mass is 525 g/mol. The molecule has 2 N–H and O–H groups in total. The molecule has 2 saturated heterocycles. The number of hydrogen-bond donors (Lipinski definition) is 2. The van der Waals surface area contributed by atoms with E-state index in [-0.39, 0.29) is 12.1 Å². The molecule has 2 fully saturated rings. The molecule has 2 aliphatic rings. The number of morpholine rings is 1. The van der Waals surface area contributed by atoms with Crippen molar-refractivity contribution in [2.75, 3.05) is 39.4 Å². The number of aryl methyl sites for hydroxylation is 2. The van der Waals surface area contributed by atoms with Crippen molar-refractivity contribution in [1.29, 1.82) is 0 Å². The van der Waals surface area contributed by atoms with Crippen LogP contribution in [0.1, 0.15) is 41.1 Å². The van der Waals surface area contributed by atoms with Crippen LogP contribution in [-0.4, -0.2) is 64.3 Å². The quantitative estimate of drug-likeness (QED) is 0.446. The van der Waals surface area contributed by atoms with Gasteiger partial charge < -0.3 is 19.9 Å². The first kappa shape index (κ1) is 21.0. The smallest absolute Gasteiger partial charge is 0.170 e. The normalized spacial score (nSPS) is 22.9.